The first-order valence-electron chi connectivity index (χ1n) is 6.71. The van der Waals surface area contributed by atoms with Gasteiger partial charge in [0.25, 0.3) is 0 Å². The van der Waals surface area contributed by atoms with E-state index in [1.165, 1.54) is 9.88 Å². The highest BCUT2D eigenvalue weighted by molar-refractivity contribution is 7.11. The minimum absolute atomic E-state index is 0.240. The van der Waals surface area contributed by atoms with E-state index in [1.807, 2.05) is 7.05 Å². The molecule has 4 heteroatoms. The van der Waals surface area contributed by atoms with Crippen LogP contribution in [0.5, 0.6) is 0 Å². The van der Waals surface area contributed by atoms with Crippen molar-refractivity contribution in [1.82, 2.24) is 10.3 Å². The highest BCUT2D eigenvalue weighted by Crippen LogP contribution is 2.21. The number of hydrogen-bond donors (Lipinski definition) is 1. The molecule has 0 aliphatic carbocycles. The quantitative estimate of drug-likeness (QED) is 0.827. The third-order valence-corrected chi connectivity index (χ3v) is 4.35. The molecule has 104 valence electrons. The lowest BCUT2D eigenvalue weighted by atomic mass is 9.97. The van der Waals surface area contributed by atoms with Crippen molar-refractivity contribution in [3.8, 4) is 0 Å². The van der Waals surface area contributed by atoms with Crippen molar-refractivity contribution in [2.75, 3.05) is 13.7 Å². The fourth-order valence-corrected chi connectivity index (χ4v) is 3.16. The molecule has 2 unspecified atom stereocenters. The first kappa shape index (κ1) is 15.6. The number of nitrogens with one attached hydrogen (secondary N) is 1. The van der Waals surface area contributed by atoms with Crippen LogP contribution in [0.4, 0.5) is 0 Å². The van der Waals surface area contributed by atoms with Crippen molar-refractivity contribution in [1.29, 1.82) is 0 Å². The van der Waals surface area contributed by atoms with Crippen molar-refractivity contribution < 1.29 is 4.74 Å². The maximum Gasteiger partial charge on any atom is 0.0947 e. The van der Waals surface area contributed by atoms with Gasteiger partial charge in [-0.2, -0.15) is 0 Å². The molecule has 0 amide bonds. The number of aryl methyl sites for hydroxylation is 2. The van der Waals surface area contributed by atoms with Gasteiger partial charge in [-0.05, 0) is 33.7 Å². The molecule has 18 heavy (non-hydrogen) atoms. The number of likely N-dealkylation sites (N-methyl/N-ethyl adjacent to an activating group) is 1. The molecule has 1 N–H and O–H groups in total. The maximum absolute atomic E-state index is 5.88. The highest BCUT2D eigenvalue weighted by Gasteiger charge is 2.25. The predicted octanol–water partition coefficient (Wildman–Crippen LogP) is 2.95. The van der Waals surface area contributed by atoms with Crippen LogP contribution in [-0.2, 0) is 11.2 Å². The largest absolute Gasteiger partial charge is 0.377 e. The number of thiazole rings is 1. The number of rotatable bonds is 7. The first-order valence-corrected chi connectivity index (χ1v) is 7.53. The lowest BCUT2D eigenvalue weighted by Crippen LogP contribution is -2.44. The molecule has 0 aromatic carbocycles. The SMILES string of the molecule is CCOC(C(C)C)C(Cc1nc(C)c(C)s1)NC. The summed E-state index contributed by atoms with van der Waals surface area (Å²) in [5.74, 6) is 0.504. The molecule has 0 saturated carbocycles. The van der Waals surface area contributed by atoms with Crippen LogP contribution in [0.25, 0.3) is 0 Å². The molecule has 0 bridgehead atoms. The van der Waals surface area contributed by atoms with Gasteiger partial charge in [0.05, 0.1) is 16.8 Å². The van der Waals surface area contributed by atoms with E-state index in [4.69, 9.17) is 4.74 Å². The lowest BCUT2D eigenvalue weighted by Gasteiger charge is -2.29. The molecular formula is C14H26N2OS. The average Bonchev–Trinajstić information content (AvgIpc) is 2.62. The van der Waals surface area contributed by atoms with Gasteiger partial charge in [-0.15, -0.1) is 11.3 Å². The molecule has 1 heterocycles. The van der Waals surface area contributed by atoms with Crippen LogP contribution >= 0.6 is 11.3 Å². The Kier molecular flexibility index (Phi) is 6.26. The normalized spacial score (nSPS) is 15.1. The van der Waals surface area contributed by atoms with Crippen LogP contribution in [0.1, 0.15) is 36.3 Å². The van der Waals surface area contributed by atoms with Crippen molar-refractivity contribution in [2.24, 2.45) is 5.92 Å². The van der Waals surface area contributed by atoms with Gasteiger partial charge in [-0.25, -0.2) is 4.98 Å². The topological polar surface area (TPSA) is 34.1 Å². The lowest BCUT2D eigenvalue weighted by molar-refractivity contribution is 0.00534. The van der Waals surface area contributed by atoms with E-state index in [1.54, 1.807) is 11.3 Å². The third kappa shape index (κ3) is 4.04. The van der Waals surface area contributed by atoms with E-state index in [-0.39, 0.29) is 6.10 Å². The van der Waals surface area contributed by atoms with Gasteiger partial charge in [0, 0.05) is 23.9 Å². The number of ether oxygens (including phenoxy) is 1. The second-order valence-electron chi connectivity index (χ2n) is 5.01. The number of aromatic nitrogens is 1. The fraction of sp³-hybridized carbons (Fsp3) is 0.786. The Labute approximate surface area is 115 Å². The molecule has 0 aliphatic heterocycles. The summed E-state index contributed by atoms with van der Waals surface area (Å²) in [6.07, 6.45) is 1.18. The van der Waals surface area contributed by atoms with Crippen LogP contribution in [-0.4, -0.2) is 30.8 Å². The van der Waals surface area contributed by atoms with E-state index >= 15 is 0 Å². The standard InChI is InChI=1S/C14H26N2OS/c1-7-17-14(9(2)3)12(15-6)8-13-16-10(4)11(5)18-13/h9,12,14-15H,7-8H2,1-6H3. The summed E-state index contributed by atoms with van der Waals surface area (Å²) in [6.45, 7) is 11.4. The van der Waals surface area contributed by atoms with Crippen LogP contribution in [0.2, 0.25) is 0 Å². The zero-order valence-electron chi connectivity index (χ0n) is 12.4. The van der Waals surface area contributed by atoms with Crippen LogP contribution in [0, 0.1) is 19.8 Å². The monoisotopic (exact) mass is 270 g/mol. The van der Waals surface area contributed by atoms with Crippen LogP contribution < -0.4 is 5.32 Å². The van der Waals surface area contributed by atoms with E-state index in [9.17, 15) is 0 Å². The smallest absolute Gasteiger partial charge is 0.0947 e. The zero-order valence-corrected chi connectivity index (χ0v) is 13.2. The molecule has 1 aromatic heterocycles. The predicted molar refractivity (Wildman–Crippen MR) is 78.4 cm³/mol. The number of hydrogen-bond acceptors (Lipinski definition) is 4. The molecule has 3 nitrogen and oxygen atoms in total. The Balaban J connectivity index is 2.75. The molecule has 0 aliphatic rings. The first-order chi connectivity index (χ1) is 8.49. The van der Waals surface area contributed by atoms with E-state index in [0.29, 0.717) is 12.0 Å². The van der Waals surface area contributed by atoms with Crippen molar-refractivity contribution in [3.05, 3.63) is 15.6 Å². The molecule has 0 spiro atoms. The summed E-state index contributed by atoms with van der Waals surface area (Å²) >= 11 is 1.80. The van der Waals surface area contributed by atoms with Gasteiger partial charge in [0.1, 0.15) is 0 Å². The molecule has 1 rings (SSSR count). The van der Waals surface area contributed by atoms with Crippen LogP contribution in [0.3, 0.4) is 0 Å². The molecule has 0 saturated heterocycles. The average molecular weight is 270 g/mol. The Morgan fingerprint density at radius 1 is 1.33 bits per heavy atom. The van der Waals surface area contributed by atoms with Crippen molar-refractivity contribution >= 4 is 11.3 Å². The molecule has 0 radical (unpaired) electrons. The summed E-state index contributed by atoms with van der Waals surface area (Å²) in [5, 5.41) is 4.59. The molecule has 1 aromatic rings. The summed E-state index contributed by atoms with van der Waals surface area (Å²) in [6, 6.07) is 0.329. The summed E-state index contributed by atoms with van der Waals surface area (Å²) < 4.78 is 5.88. The summed E-state index contributed by atoms with van der Waals surface area (Å²) in [7, 11) is 2.01. The Bertz CT molecular complexity index is 343. The maximum atomic E-state index is 5.88. The molecule has 2 atom stereocenters. The highest BCUT2D eigenvalue weighted by atomic mass is 32.1. The minimum atomic E-state index is 0.240. The van der Waals surface area contributed by atoms with Crippen molar-refractivity contribution in [3.63, 3.8) is 0 Å². The van der Waals surface area contributed by atoms with Gasteiger partial charge in [-0.3, -0.25) is 0 Å². The Hall–Kier alpha value is -0.450. The molecular weight excluding hydrogens is 244 g/mol. The summed E-state index contributed by atoms with van der Waals surface area (Å²) in [5.41, 5.74) is 1.15. The number of nitrogens with zero attached hydrogens (tertiary/aromatic N) is 1. The van der Waals surface area contributed by atoms with Gasteiger partial charge in [0.2, 0.25) is 0 Å². The van der Waals surface area contributed by atoms with Crippen molar-refractivity contribution in [2.45, 2.75) is 53.2 Å². The second kappa shape index (κ2) is 7.22. The summed E-state index contributed by atoms with van der Waals surface area (Å²) in [4.78, 5) is 5.94. The van der Waals surface area contributed by atoms with Gasteiger partial charge < -0.3 is 10.1 Å². The van der Waals surface area contributed by atoms with Gasteiger partial charge >= 0.3 is 0 Å². The second-order valence-corrected chi connectivity index (χ2v) is 6.30. The zero-order chi connectivity index (χ0) is 13.7. The third-order valence-electron chi connectivity index (χ3n) is 3.25. The van der Waals surface area contributed by atoms with E-state index < -0.39 is 0 Å². The van der Waals surface area contributed by atoms with Gasteiger partial charge in [0.15, 0.2) is 0 Å². The molecule has 0 fully saturated rings. The Morgan fingerprint density at radius 2 is 2.00 bits per heavy atom. The van der Waals surface area contributed by atoms with Gasteiger partial charge in [-0.1, -0.05) is 13.8 Å². The van der Waals surface area contributed by atoms with E-state index in [0.717, 1.165) is 18.7 Å². The Morgan fingerprint density at radius 3 is 2.39 bits per heavy atom. The van der Waals surface area contributed by atoms with E-state index in [2.05, 4.69) is 44.9 Å². The van der Waals surface area contributed by atoms with Crippen LogP contribution in [0.15, 0.2) is 0 Å². The minimum Gasteiger partial charge on any atom is -0.377 e. The fourth-order valence-electron chi connectivity index (χ4n) is 2.16.